The standard InChI is InChI=1S/C22H26N2O4/c25-15-14-24(17-6-2-1-3-7-17)21(26)13-11-16-10-12-20(22(27)23-28)19-9-5-4-8-18(16)19/h1-3,6-7,10,12,25,28H,4-5,8-9,11,13-15H2,(H,23,27). The minimum atomic E-state index is -0.487. The fourth-order valence-electron chi connectivity index (χ4n) is 3.93. The molecule has 0 unspecified atom stereocenters. The van der Waals surface area contributed by atoms with Crippen molar-refractivity contribution in [3.8, 4) is 0 Å². The van der Waals surface area contributed by atoms with Crippen molar-refractivity contribution in [1.29, 1.82) is 0 Å². The van der Waals surface area contributed by atoms with E-state index in [9.17, 15) is 14.7 Å². The lowest BCUT2D eigenvalue weighted by atomic mass is 9.83. The van der Waals surface area contributed by atoms with Gasteiger partial charge >= 0.3 is 0 Å². The zero-order valence-corrected chi connectivity index (χ0v) is 15.9. The fourth-order valence-corrected chi connectivity index (χ4v) is 3.93. The van der Waals surface area contributed by atoms with Gasteiger partial charge in [0.2, 0.25) is 5.91 Å². The smallest absolute Gasteiger partial charge is 0.274 e. The molecule has 0 atom stereocenters. The molecule has 3 rings (SSSR count). The van der Waals surface area contributed by atoms with Crippen LogP contribution in [0.25, 0.3) is 0 Å². The Kier molecular flexibility index (Phi) is 6.79. The molecule has 1 aliphatic rings. The molecule has 0 bridgehead atoms. The number of aliphatic hydroxyl groups is 1. The van der Waals surface area contributed by atoms with Crippen molar-refractivity contribution in [2.24, 2.45) is 0 Å². The van der Waals surface area contributed by atoms with Crippen molar-refractivity contribution < 1.29 is 19.9 Å². The molecule has 0 saturated carbocycles. The van der Waals surface area contributed by atoms with Crippen LogP contribution in [0, 0.1) is 0 Å². The average Bonchev–Trinajstić information content (AvgIpc) is 2.75. The van der Waals surface area contributed by atoms with Gasteiger partial charge in [0, 0.05) is 24.2 Å². The zero-order chi connectivity index (χ0) is 19.9. The van der Waals surface area contributed by atoms with Crippen LogP contribution in [0.15, 0.2) is 42.5 Å². The lowest BCUT2D eigenvalue weighted by Crippen LogP contribution is -2.33. The van der Waals surface area contributed by atoms with Crippen LogP contribution in [-0.4, -0.2) is 35.3 Å². The Balaban J connectivity index is 1.78. The maximum Gasteiger partial charge on any atom is 0.274 e. The number of carbonyl (C=O) groups is 2. The highest BCUT2D eigenvalue weighted by atomic mass is 16.5. The second kappa shape index (κ2) is 9.48. The summed E-state index contributed by atoms with van der Waals surface area (Å²) < 4.78 is 0. The van der Waals surface area contributed by atoms with Crippen molar-refractivity contribution in [2.45, 2.75) is 38.5 Å². The predicted octanol–water partition coefficient (Wildman–Crippen LogP) is 2.64. The molecule has 2 amide bonds. The molecule has 1 aliphatic carbocycles. The number of fused-ring (bicyclic) bond motifs is 1. The van der Waals surface area contributed by atoms with Gasteiger partial charge in [-0.25, -0.2) is 5.48 Å². The molecule has 148 valence electrons. The normalized spacial score (nSPS) is 12.9. The quantitative estimate of drug-likeness (QED) is 0.507. The lowest BCUT2D eigenvalue weighted by molar-refractivity contribution is -0.118. The van der Waals surface area contributed by atoms with E-state index < -0.39 is 5.91 Å². The number of para-hydroxylation sites is 1. The maximum absolute atomic E-state index is 12.8. The number of hydroxylamine groups is 1. The number of aliphatic hydroxyl groups excluding tert-OH is 1. The third-order valence-electron chi connectivity index (χ3n) is 5.28. The first kappa shape index (κ1) is 20.0. The van der Waals surface area contributed by atoms with E-state index in [0.717, 1.165) is 48.1 Å². The van der Waals surface area contributed by atoms with Crippen molar-refractivity contribution in [2.75, 3.05) is 18.1 Å². The first-order valence-electron chi connectivity index (χ1n) is 9.70. The Labute approximate surface area is 164 Å². The number of hydrogen-bond donors (Lipinski definition) is 3. The summed E-state index contributed by atoms with van der Waals surface area (Å²) in [6, 6.07) is 13.0. The van der Waals surface area contributed by atoms with Crippen LogP contribution in [-0.2, 0) is 24.1 Å². The zero-order valence-electron chi connectivity index (χ0n) is 15.9. The van der Waals surface area contributed by atoms with Gasteiger partial charge in [-0.2, -0.15) is 0 Å². The first-order valence-corrected chi connectivity index (χ1v) is 9.70. The SMILES string of the molecule is O=C(NO)c1ccc(CCC(=O)N(CCO)c2ccccc2)c2c1CCCC2. The van der Waals surface area contributed by atoms with Gasteiger partial charge in [-0.1, -0.05) is 24.3 Å². The molecule has 0 spiro atoms. The summed E-state index contributed by atoms with van der Waals surface area (Å²) >= 11 is 0. The van der Waals surface area contributed by atoms with Gasteiger partial charge in [-0.05, 0) is 67.0 Å². The number of nitrogens with zero attached hydrogens (tertiary/aromatic N) is 1. The van der Waals surface area contributed by atoms with E-state index in [1.54, 1.807) is 16.4 Å². The van der Waals surface area contributed by atoms with Gasteiger partial charge in [-0.3, -0.25) is 14.8 Å². The Morgan fingerprint density at radius 1 is 1.00 bits per heavy atom. The van der Waals surface area contributed by atoms with E-state index in [1.165, 1.54) is 0 Å². The molecule has 2 aromatic rings. The number of hydrogen-bond acceptors (Lipinski definition) is 4. The first-order chi connectivity index (χ1) is 13.7. The topological polar surface area (TPSA) is 89.9 Å². The van der Waals surface area contributed by atoms with Crippen LogP contribution in [0.2, 0.25) is 0 Å². The molecule has 6 nitrogen and oxygen atoms in total. The number of amides is 2. The summed E-state index contributed by atoms with van der Waals surface area (Å²) in [7, 11) is 0. The van der Waals surface area contributed by atoms with Crippen molar-refractivity contribution in [3.05, 3.63) is 64.7 Å². The highest BCUT2D eigenvalue weighted by Gasteiger charge is 2.22. The summed E-state index contributed by atoms with van der Waals surface area (Å²) in [6.45, 7) is 0.164. The molecule has 6 heteroatoms. The molecule has 0 aliphatic heterocycles. The van der Waals surface area contributed by atoms with E-state index >= 15 is 0 Å². The van der Waals surface area contributed by atoms with Crippen LogP contribution in [0.4, 0.5) is 5.69 Å². The fraction of sp³-hybridized carbons (Fsp3) is 0.364. The summed E-state index contributed by atoms with van der Waals surface area (Å²) in [5.74, 6) is -0.527. The minimum absolute atomic E-state index is 0.0398. The van der Waals surface area contributed by atoms with Gasteiger partial charge in [0.25, 0.3) is 5.91 Å². The van der Waals surface area contributed by atoms with Gasteiger partial charge in [0.1, 0.15) is 0 Å². The molecule has 3 N–H and O–H groups in total. The predicted molar refractivity (Wildman–Crippen MR) is 107 cm³/mol. The van der Waals surface area contributed by atoms with E-state index in [0.29, 0.717) is 18.4 Å². The molecule has 0 heterocycles. The van der Waals surface area contributed by atoms with Crippen LogP contribution in [0.1, 0.15) is 46.3 Å². The number of carbonyl (C=O) groups excluding carboxylic acids is 2. The second-order valence-electron chi connectivity index (χ2n) is 6.98. The van der Waals surface area contributed by atoms with Crippen molar-refractivity contribution in [3.63, 3.8) is 0 Å². The monoisotopic (exact) mass is 382 g/mol. The number of nitrogens with one attached hydrogen (secondary N) is 1. The third kappa shape index (κ3) is 4.40. The molecule has 0 saturated heterocycles. The second-order valence-corrected chi connectivity index (χ2v) is 6.98. The van der Waals surface area contributed by atoms with Gasteiger partial charge in [0.15, 0.2) is 0 Å². The highest BCUT2D eigenvalue weighted by molar-refractivity contribution is 5.96. The Bertz CT molecular complexity index is 836. The van der Waals surface area contributed by atoms with Crippen LogP contribution in [0.3, 0.4) is 0 Å². The number of benzene rings is 2. The largest absolute Gasteiger partial charge is 0.395 e. The van der Waals surface area contributed by atoms with Crippen LogP contribution < -0.4 is 10.4 Å². The maximum atomic E-state index is 12.8. The van der Waals surface area contributed by atoms with E-state index in [-0.39, 0.29) is 19.1 Å². The van der Waals surface area contributed by atoms with Crippen LogP contribution >= 0.6 is 0 Å². The molecule has 0 aromatic heterocycles. The third-order valence-corrected chi connectivity index (χ3v) is 5.28. The van der Waals surface area contributed by atoms with E-state index in [4.69, 9.17) is 5.21 Å². The minimum Gasteiger partial charge on any atom is -0.395 e. The number of anilines is 1. The van der Waals surface area contributed by atoms with Gasteiger partial charge in [0.05, 0.1) is 6.61 Å². The van der Waals surface area contributed by atoms with E-state index in [2.05, 4.69) is 0 Å². The Morgan fingerprint density at radius 3 is 2.39 bits per heavy atom. The Hall–Kier alpha value is -2.70. The number of aryl methyl sites for hydroxylation is 1. The summed E-state index contributed by atoms with van der Waals surface area (Å²) in [4.78, 5) is 26.4. The van der Waals surface area contributed by atoms with Gasteiger partial charge in [-0.15, -0.1) is 0 Å². The van der Waals surface area contributed by atoms with Crippen LogP contribution in [0.5, 0.6) is 0 Å². The molecule has 2 aromatic carbocycles. The Morgan fingerprint density at radius 2 is 1.71 bits per heavy atom. The summed E-state index contributed by atoms with van der Waals surface area (Å²) in [5, 5.41) is 18.3. The average molecular weight is 382 g/mol. The molecular formula is C22H26N2O4. The van der Waals surface area contributed by atoms with Gasteiger partial charge < -0.3 is 10.0 Å². The molecule has 28 heavy (non-hydrogen) atoms. The molecular weight excluding hydrogens is 356 g/mol. The van der Waals surface area contributed by atoms with Crippen molar-refractivity contribution >= 4 is 17.5 Å². The van der Waals surface area contributed by atoms with E-state index in [1.807, 2.05) is 36.4 Å². The molecule has 0 radical (unpaired) electrons. The highest BCUT2D eigenvalue weighted by Crippen LogP contribution is 2.29. The summed E-state index contributed by atoms with van der Waals surface area (Å²) in [6.07, 6.45) is 4.66. The summed E-state index contributed by atoms with van der Waals surface area (Å²) in [5.41, 5.74) is 6.21. The number of rotatable bonds is 7. The molecule has 0 fully saturated rings. The lowest BCUT2D eigenvalue weighted by Gasteiger charge is -2.24. The van der Waals surface area contributed by atoms with Crippen molar-refractivity contribution in [1.82, 2.24) is 5.48 Å².